The lowest BCUT2D eigenvalue weighted by molar-refractivity contribution is 0.204. The Morgan fingerprint density at radius 3 is 1.65 bits per heavy atom. The summed E-state index contributed by atoms with van der Waals surface area (Å²) < 4.78 is 14.2. The number of benzene rings is 4. The summed E-state index contributed by atoms with van der Waals surface area (Å²) in [4.78, 5) is 1.34. The Kier molecular flexibility index (Phi) is 9.45. The van der Waals surface area contributed by atoms with E-state index in [2.05, 4.69) is 85.4 Å². The van der Waals surface area contributed by atoms with Gasteiger partial charge in [-0.1, -0.05) is 141 Å². The molecule has 0 bridgehead atoms. The van der Waals surface area contributed by atoms with Crippen molar-refractivity contribution in [3.05, 3.63) is 131 Å². The van der Waals surface area contributed by atoms with E-state index in [1.54, 1.807) is 0 Å². The number of rotatable bonds is 11. The highest BCUT2D eigenvalue weighted by atomic mass is 32.2. The number of hydrogen-bond acceptors (Lipinski definition) is 2. The molecule has 4 aromatic carbocycles. The fourth-order valence-corrected chi connectivity index (χ4v) is 11.1. The fourth-order valence-electron chi connectivity index (χ4n) is 4.87. The van der Waals surface area contributed by atoms with Gasteiger partial charge >= 0.3 is 0 Å². The first-order valence-corrected chi connectivity index (χ1v) is 16.3. The molecule has 4 heteroatoms. The minimum absolute atomic E-state index is 0.597. The molecule has 4 rings (SSSR count). The molecule has 0 fully saturated rings. The molecule has 0 heterocycles. The standard InChI is InChI=1S/C33H36O2SSi/c1-3-4-8-21-32(34)33(36(35)28-24-22-27(2)23-25-28)26-37(29-15-9-5-10-16-29,30-17-11-6-12-18-30)31-19-13-7-14-20-31/h5-7,9-20,22-26,32,34H,3-4,8,21H2,1-2H3/b33-26+/t32-,36?/m0/s1. The average molecular weight is 525 g/mol. The molecule has 2 atom stereocenters. The Labute approximate surface area is 225 Å². The van der Waals surface area contributed by atoms with E-state index in [4.69, 9.17) is 0 Å². The molecular weight excluding hydrogens is 489 g/mol. The number of aliphatic hydroxyl groups is 1. The van der Waals surface area contributed by atoms with E-state index in [1.807, 2.05) is 49.4 Å². The second kappa shape index (κ2) is 13.0. The SMILES string of the molecule is CCCCC[C@H](O)/C(=C\[Si](c1ccccc1)(c1ccccc1)c1ccccc1)S(=O)c1ccc(C)cc1. The van der Waals surface area contributed by atoms with Crippen LogP contribution < -0.4 is 15.6 Å². The lowest BCUT2D eigenvalue weighted by Crippen LogP contribution is -2.66. The first-order valence-electron chi connectivity index (χ1n) is 13.1. The van der Waals surface area contributed by atoms with Crippen molar-refractivity contribution in [2.75, 3.05) is 0 Å². The maximum Gasteiger partial charge on any atom is 0.173 e. The third-order valence-corrected chi connectivity index (χ3v) is 13.1. The van der Waals surface area contributed by atoms with Crippen molar-refractivity contribution >= 4 is 34.4 Å². The van der Waals surface area contributed by atoms with Gasteiger partial charge < -0.3 is 5.11 Å². The number of hydrogen-bond donors (Lipinski definition) is 1. The molecule has 2 nitrogen and oxygen atoms in total. The van der Waals surface area contributed by atoms with E-state index in [9.17, 15) is 9.32 Å². The molecule has 0 aromatic heterocycles. The Morgan fingerprint density at radius 2 is 1.22 bits per heavy atom. The van der Waals surface area contributed by atoms with Crippen molar-refractivity contribution in [2.45, 2.75) is 50.5 Å². The highest BCUT2D eigenvalue weighted by Gasteiger charge is 2.39. The van der Waals surface area contributed by atoms with Crippen LogP contribution in [0.15, 0.2) is 131 Å². The maximum absolute atomic E-state index is 14.2. The van der Waals surface area contributed by atoms with E-state index in [0.717, 1.165) is 29.7 Å². The maximum atomic E-state index is 14.2. The zero-order valence-electron chi connectivity index (χ0n) is 21.7. The largest absolute Gasteiger partial charge is 0.388 e. The zero-order valence-corrected chi connectivity index (χ0v) is 23.5. The van der Waals surface area contributed by atoms with Gasteiger partial charge in [-0.3, -0.25) is 0 Å². The predicted octanol–water partition coefficient (Wildman–Crippen LogP) is 5.64. The van der Waals surface area contributed by atoms with E-state index in [0.29, 0.717) is 11.3 Å². The average Bonchev–Trinajstić information content (AvgIpc) is 2.95. The molecule has 0 amide bonds. The highest BCUT2D eigenvalue weighted by molar-refractivity contribution is 7.89. The monoisotopic (exact) mass is 524 g/mol. The molecule has 1 N–H and O–H groups in total. The van der Waals surface area contributed by atoms with E-state index >= 15 is 0 Å². The first-order chi connectivity index (χ1) is 18.1. The van der Waals surface area contributed by atoms with Gasteiger partial charge in [-0.25, -0.2) is 4.21 Å². The van der Waals surface area contributed by atoms with Crippen molar-refractivity contribution < 1.29 is 9.32 Å². The van der Waals surface area contributed by atoms with Crippen LogP contribution in [0.4, 0.5) is 0 Å². The molecule has 0 aliphatic heterocycles. The van der Waals surface area contributed by atoms with Crippen LogP contribution in [0.3, 0.4) is 0 Å². The van der Waals surface area contributed by atoms with Crippen molar-refractivity contribution in [3.63, 3.8) is 0 Å². The summed E-state index contributed by atoms with van der Waals surface area (Å²) in [6, 6.07) is 39.5. The minimum Gasteiger partial charge on any atom is -0.388 e. The first kappa shape index (κ1) is 27.0. The second-order valence-corrected chi connectivity index (χ2v) is 14.7. The lowest BCUT2D eigenvalue weighted by atomic mass is 10.1. The number of aliphatic hydroxyl groups excluding tert-OH is 1. The topological polar surface area (TPSA) is 37.3 Å². The van der Waals surface area contributed by atoms with Gasteiger partial charge in [0.05, 0.1) is 16.9 Å². The Morgan fingerprint density at radius 1 is 0.757 bits per heavy atom. The smallest absolute Gasteiger partial charge is 0.173 e. The molecule has 1 unspecified atom stereocenters. The Bertz CT molecular complexity index is 1210. The van der Waals surface area contributed by atoms with Gasteiger partial charge in [0.25, 0.3) is 0 Å². The molecule has 190 valence electrons. The van der Waals surface area contributed by atoms with E-state index < -0.39 is 25.0 Å². The Balaban J connectivity index is 2.00. The molecule has 0 radical (unpaired) electrons. The second-order valence-electron chi connectivity index (χ2n) is 9.55. The molecule has 0 saturated heterocycles. The van der Waals surface area contributed by atoms with Crippen molar-refractivity contribution in [1.29, 1.82) is 0 Å². The molecule has 4 aromatic rings. The molecular formula is C33H36O2SSi. The van der Waals surface area contributed by atoms with Gasteiger partial charge in [0.2, 0.25) is 0 Å². The van der Waals surface area contributed by atoms with Gasteiger partial charge in [0.1, 0.15) is 0 Å². The van der Waals surface area contributed by atoms with Crippen LogP contribution in [-0.4, -0.2) is 23.5 Å². The van der Waals surface area contributed by atoms with Crippen LogP contribution in [0.5, 0.6) is 0 Å². The van der Waals surface area contributed by atoms with Gasteiger partial charge in [-0.2, -0.15) is 0 Å². The van der Waals surface area contributed by atoms with Gasteiger partial charge in [0.15, 0.2) is 8.07 Å². The fraction of sp³-hybridized carbons (Fsp3) is 0.212. The quantitative estimate of drug-likeness (QED) is 0.157. The summed E-state index contributed by atoms with van der Waals surface area (Å²) in [6.45, 7) is 4.19. The van der Waals surface area contributed by atoms with Crippen LogP contribution >= 0.6 is 0 Å². The molecule has 0 aliphatic carbocycles. The van der Waals surface area contributed by atoms with Crippen LogP contribution in [0, 0.1) is 6.92 Å². The Hall–Kier alpha value is -3.05. The van der Waals surface area contributed by atoms with Crippen LogP contribution in [0.1, 0.15) is 38.2 Å². The predicted molar refractivity (Wildman–Crippen MR) is 160 cm³/mol. The molecule has 0 spiro atoms. The third-order valence-electron chi connectivity index (χ3n) is 6.90. The van der Waals surface area contributed by atoms with E-state index in [1.165, 1.54) is 15.6 Å². The van der Waals surface area contributed by atoms with Crippen LogP contribution in [-0.2, 0) is 10.8 Å². The molecule has 0 aliphatic rings. The normalized spacial score (nSPS) is 13.8. The number of aryl methyl sites for hydroxylation is 1. The third kappa shape index (κ3) is 6.27. The summed E-state index contributed by atoms with van der Waals surface area (Å²) in [6.07, 6.45) is 2.83. The summed E-state index contributed by atoms with van der Waals surface area (Å²) in [5.74, 6) is 0. The minimum atomic E-state index is -2.82. The highest BCUT2D eigenvalue weighted by Crippen LogP contribution is 2.24. The van der Waals surface area contributed by atoms with Crippen LogP contribution in [0.25, 0.3) is 0 Å². The van der Waals surface area contributed by atoms with Crippen molar-refractivity contribution in [2.24, 2.45) is 0 Å². The van der Waals surface area contributed by atoms with Gasteiger partial charge in [-0.05, 0) is 41.0 Å². The van der Waals surface area contributed by atoms with E-state index in [-0.39, 0.29) is 0 Å². The number of unbranched alkanes of at least 4 members (excludes halogenated alkanes) is 2. The summed E-state index contributed by atoms with van der Waals surface area (Å²) in [7, 11) is -4.31. The van der Waals surface area contributed by atoms with Gasteiger partial charge in [0, 0.05) is 9.80 Å². The van der Waals surface area contributed by atoms with Gasteiger partial charge in [-0.15, -0.1) is 0 Å². The zero-order chi connectivity index (χ0) is 26.1. The summed E-state index contributed by atoms with van der Waals surface area (Å²) in [5, 5.41) is 15.2. The molecule has 37 heavy (non-hydrogen) atoms. The summed E-state index contributed by atoms with van der Waals surface area (Å²) in [5.41, 5.74) is 3.34. The van der Waals surface area contributed by atoms with Crippen molar-refractivity contribution in [3.8, 4) is 0 Å². The van der Waals surface area contributed by atoms with Crippen molar-refractivity contribution in [1.82, 2.24) is 0 Å². The summed E-state index contributed by atoms with van der Waals surface area (Å²) >= 11 is 0. The lowest BCUT2D eigenvalue weighted by Gasteiger charge is -2.32. The molecule has 0 saturated carbocycles. The van der Waals surface area contributed by atoms with Crippen LogP contribution in [0.2, 0.25) is 0 Å².